The Morgan fingerprint density at radius 2 is 1.95 bits per heavy atom. The van der Waals surface area contributed by atoms with Crippen LogP contribution in [0.25, 0.3) is 11.0 Å². The normalized spacial score (nSPS) is 14.5. The Labute approximate surface area is 257 Å². The number of benzene rings is 2. The van der Waals surface area contributed by atoms with Crippen LogP contribution in [0.5, 0.6) is 5.75 Å². The van der Waals surface area contributed by atoms with Gasteiger partial charge in [-0.2, -0.15) is 5.10 Å². The Hall–Kier alpha value is -4.03. The zero-order chi connectivity index (χ0) is 31.1. The highest BCUT2D eigenvalue weighted by atomic mass is 16.5. The van der Waals surface area contributed by atoms with Crippen LogP contribution in [0, 0.1) is 0 Å². The molecule has 1 amide bonds. The number of carbonyl (C=O) groups is 1. The third-order valence-corrected chi connectivity index (χ3v) is 8.12. The zero-order valence-electron chi connectivity index (χ0n) is 25.3. The minimum absolute atomic E-state index is 0.00588. The second kappa shape index (κ2) is 14.6. The number of pyridine rings is 1. The molecule has 5 rings (SSSR count). The van der Waals surface area contributed by atoms with Crippen molar-refractivity contribution in [1.29, 1.82) is 0 Å². The standard InChI is InChI=1S/C33H42N6O5/c1-3-28-26(31(37-25-10-12-44-13-11-25)27-18-36-39(4-2)32(27)38-28)17-35-33(43)23-7-5-6-21(14-23)16-34-19-30(42)22-8-9-29(41)24(15-22)20-40/h5-9,14-15,18,25,30,34,40-42H,3-4,10-13,16-17,19-20H2,1-2H3,(H,35,43)(H,37,38)/t30-/m0/s1. The SMILES string of the molecule is CCc1nc2c(cnn2CC)c(NC2CCOCC2)c1CNC(=O)c1cccc(CNC[C@H](O)c2ccc(O)c(CO)c2)c1. The molecule has 0 aliphatic carbocycles. The van der Waals surface area contributed by atoms with E-state index < -0.39 is 6.10 Å². The minimum atomic E-state index is -0.820. The summed E-state index contributed by atoms with van der Waals surface area (Å²) in [6.07, 6.45) is 3.58. The van der Waals surface area contributed by atoms with E-state index in [1.807, 2.05) is 29.1 Å². The molecule has 3 heterocycles. The fraction of sp³-hybridized carbons (Fsp3) is 0.424. The Kier molecular flexibility index (Phi) is 10.4. The van der Waals surface area contributed by atoms with E-state index in [1.165, 1.54) is 6.07 Å². The fourth-order valence-corrected chi connectivity index (χ4v) is 5.60. The molecule has 1 aliphatic rings. The summed E-state index contributed by atoms with van der Waals surface area (Å²) in [5, 5.41) is 45.3. The molecule has 1 aliphatic heterocycles. The molecule has 1 saturated heterocycles. The Morgan fingerprint density at radius 1 is 1.14 bits per heavy atom. The van der Waals surface area contributed by atoms with Gasteiger partial charge in [-0.25, -0.2) is 9.67 Å². The number of hydrogen-bond donors (Lipinski definition) is 6. The van der Waals surface area contributed by atoms with Crippen LogP contribution in [0.1, 0.15) is 71.1 Å². The number of carbonyl (C=O) groups excluding carboxylic acids is 1. The van der Waals surface area contributed by atoms with Gasteiger partial charge < -0.3 is 36.0 Å². The molecular weight excluding hydrogens is 560 g/mol. The molecule has 0 spiro atoms. The van der Waals surface area contributed by atoms with Crippen molar-refractivity contribution in [3.63, 3.8) is 0 Å². The van der Waals surface area contributed by atoms with Gasteiger partial charge in [0.2, 0.25) is 0 Å². The number of aromatic nitrogens is 3. The molecule has 1 fully saturated rings. The number of rotatable bonds is 13. The summed E-state index contributed by atoms with van der Waals surface area (Å²) in [6.45, 7) is 7.01. The monoisotopic (exact) mass is 602 g/mol. The summed E-state index contributed by atoms with van der Waals surface area (Å²) < 4.78 is 7.47. The Morgan fingerprint density at radius 3 is 2.70 bits per heavy atom. The van der Waals surface area contributed by atoms with Crippen molar-refractivity contribution >= 4 is 22.6 Å². The molecule has 6 N–H and O–H groups in total. The molecule has 2 aromatic heterocycles. The lowest BCUT2D eigenvalue weighted by Crippen LogP contribution is -2.30. The minimum Gasteiger partial charge on any atom is -0.508 e. The van der Waals surface area contributed by atoms with Crippen LogP contribution in [-0.4, -0.2) is 61.8 Å². The first kappa shape index (κ1) is 31.4. The van der Waals surface area contributed by atoms with Gasteiger partial charge in [0.25, 0.3) is 5.91 Å². The highest BCUT2D eigenvalue weighted by Crippen LogP contribution is 2.31. The first-order chi connectivity index (χ1) is 21.4. The number of hydrogen-bond acceptors (Lipinski definition) is 9. The number of fused-ring (bicyclic) bond motifs is 1. The van der Waals surface area contributed by atoms with E-state index >= 15 is 0 Å². The second-order valence-corrected chi connectivity index (χ2v) is 11.1. The third kappa shape index (κ3) is 7.19. The highest BCUT2D eigenvalue weighted by molar-refractivity contribution is 5.95. The van der Waals surface area contributed by atoms with Crippen LogP contribution in [0.4, 0.5) is 5.69 Å². The lowest BCUT2D eigenvalue weighted by molar-refractivity contribution is 0.0904. The molecule has 11 nitrogen and oxygen atoms in total. The van der Waals surface area contributed by atoms with Gasteiger partial charge in [-0.3, -0.25) is 4.79 Å². The molecule has 0 bridgehead atoms. The fourth-order valence-electron chi connectivity index (χ4n) is 5.60. The van der Waals surface area contributed by atoms with E-state index in [9.17, 15) is 20.1 Å². The molecule has 0 unspecified atom stereocenters. The Bertz CT molecular complexity index is 1580. The molecule has 4 aromatic rings. The van der Waals surface area contributed by atoms with Gasteiger partial charge in [0.15, 0.2) is 5.65 Å². The van der Waals surface area contributed by atoms with Gasteiger partial charge >= 0.3 is 0 Å². The van der Waals surface area contributed by atoms with Crippen LogP contribution < -0.4 is 16.0 Å². The van der Waals surface area contributed by atoms with E-state index in [4.69, 9.17) is 9.72 Å². The molecule has 11 heteroatoms. The van der Waals surface area contributed by atoms with Crippen LogP contribution in [-0.2, 0) is 37.4 Å². The lowest BCUT2D eigenvalue weighted by Gasteiger charge is -2.26. The van der Waals surface area contributed by atoms with Gasteiger partial charge in [0, 0.05) is 67.8 Å². The largest absolute Gasteiger partial charge is 0.508 e. The number of aryl methyl sites for hydroxylation is 2. The van der Waals surface area contributed by atoms with E-state index in [0.29, 0.717) is 29.8 Å². The second-order valence-electron chi connectivity index (χ2n) is 11.1. The van der Waals surface area contributed by atoms with Gasteiger partial charge in [0.1, 0.15) is 5.75 Å². The number of anilines is 1. The topological polar surface area (TPSA) is 154 Å². The number of phenols is 1. The number of nitrogens with zero attached hydrogens (tertiary/aromatic N) is 3. The molecule has 0 radical (unpaired) electrons. The Balaban J connectivity index is 1.27. The highest BCUT2D eigenvalue weighted by Gasteiger charge is 2.22. The number of amides is 1. The van der Waals surface area contributed by atoms with Crippen LogP contribution in [0.3, 0.4) is 0 Å². The van der Waals surface area contributed by atoms with Crippen molar-refractivity contribution < 1.29 is 24.9 Å². The maximum absolute atomic E-state index is 13.4. The maximum atomic E-state index is 13.4. The van der Waals surface area contributed by atoms with Crippen molar-refractivity contribution in [2.24, 2.45) is 0 Å². The summed E-state index contributed by atoms with van der Waals surface area (Å²) in [4.78, 5) is 18.3. The number of ether oxygens (including phenoxy) is 1. The van der Waals surface area contributed by atoms with Gasteiger partial charge in [-0.1, -0.05) is 25.1 Å². The third-order valence-electron chi connectivity index (χ3n) is 8.12. The molecular formula is C33H42N6O5. The average Bonchev–Trinajstić information content (AvgIpc) is 3.47. The van der Waals surface area contributed by atoms with E-state index in [0.717, 1.165) is 72.6 Å². The van der Waals surface area contributed by atoms with E-state index in [-0.39, 0.29) is 30.9 Å². The van der Waals surface area contributed by atoms with Crippen molar-refractivity contribution in [1.82, 2.24) is 25.4 Å². The van der Waals surface area contributed by atoms with Crippen molar-refractivity contribution in [2.45, 2.75) is 71.5 Å². The zero-order valence-corrected chi connectivity index (χ0v) is 25.3. The summed E-state index contributed by atoms with van der Waals surface area (Å²) in [5.41, 5.74) is 6.13. The van der Waals surface area contributed by atoms with Crippen LogP contribution in [0.2, 0.25) is 0 Å². The summed E-state index contributed by atoms with van der Waals surface area (Å²) >= 11 is 0. The van der Waals surface area contributed by atoms with Crippen molar-refractivity contribution in [3.05, 3.63) is 82.2 Å². The van der Waals surface area contributed by atoms with Crippen molar-refractivity contribution in [2.75, 3.05) is 25.1 Å². The van der Waals surface area contributed by atoms with Crippen LogP contribution in [0.15, 0.2) is 48.7 Å². The predicted octanol–water partition coefficient (Wildman–Crippen LogP) is 3.56. The van der Waals surface area contributed by atoms with Crippen molar-refractivity contribution in [3.8, 4) is 5.75 Å². The maximum Gasteiger partial charge on any atom is 0.251 e. The summed E-state index contributed by atoms with van der Waals surface area (Å²) in [6, 6.07) is 12.3. The van der Waals surface area contributed by atoms with Gasteiger partial charge in [0.05, 0.1) is 30.0 Å². The molecule has 2 aromatic carbocycles. The number of aliphatic hydroxyl groups excluding tert-OH is 2. The smallest absolute Gasteiger partial charge is 0.251 e. The van der Waals surface area contributed by atoms with Crippen LogP contribution >= 0.6 is 0 Å². The summed E-state index contributed by atoms with van der Waals surface area (Å²) in [7, 11) is 0. The molecule has 234 valence electrons. The quantitative estimate of drug-likeness (QED) is 0.135. The first-order valence-electron chi connectivity index (χ1n) is 15.3. The average molecular weight is 603 g/mol. The number of aromatic hydroxyl groups is 1. The first-order valence-corrected chi connectivity index (χ1v) is 15.3. The number of aliphatic hydroxyl groups is 2. The number of nitrogens with one attached hydrogen (secondary N) is 3. The lowest BCUT2D eigenvalue weighted by atomic mass is 10.0. The van der Waals surface area contributed by atoms with E-state index in [2.05, 4.69) is 34.9 Å². The molecule has 44 heavy (non-hydrogen) atoms. The molecule has 1 atom stereocenters. The summed E-state index contributed by atoms with van der Waals surface area (Å²) in [5.74, 6) is -0.190. The molecule has 0 saturated carbocycles. The van der Waals surface area contributed by atoms with Gasteiger partial charge in [-0.05, 0) is 61.6 Å². The van der Waals surface area contributed by atoms with Gasteiger partial charge in [-0.15, -0.1) is 0 Å². The van der Waals surface area contributed by atoms with E-state index in [1.54, 1.807) is 18.2 Å². The predicted molar refractivity (Wildman–Crippen MR) is 168 cm³/mol.